The van der Waals surface area contributed by atoms with Gasteiger partial charge >= 0.3 is 0 Å². The number of rotatable bonds is 4. The van der Waals surface area contributed by atoms with Gasteiger partial charge < -0.3 is 10.3 Å². The number of nitrogens with zero attached hydrogens (tertiary/aromatic N) is 2. The lowest BCUT2D eigenvalue weighted by Crippen LogP contribution is -2.13. The number of hydrogen-bond acceptors (Lipinski definition) is 2. The molecule has 14 heavy (non-hydrogen) atoms. The van der Waals surface area contributed by atoms with Gasteiger partial charge in [0.05, 0.1) is 6.54 Å². The number of hydrogen-bond donors (Lipinski definition) is 1. The summed E-state index contributed by atoms with van der Waals surface area (Å²) in [5.74, 6) is 0. The first-order chi connectivity index (χ1) is 6.68. The van der Waals surface area contributed by atoms with E-state index in [2.05, 4.69) is 38.6 Å². The Morgan fingerprint density at radius 1 is 1.36 bits per heavy atom. The molecule has 0 atom stereocenters. The lowest BCUT2D eigenvalue weighted by atomic mass is 10.2. The van der Waals surface area contributed by atoms with Gasteiger partial charge in [-0.15, -0.1) is 0 Å². The maximum Gasteiger partial charge on any atom is 0.110 e. The highest BCUT2D eigenvalue weighted by Gasteiger charge is 1.90. The summed E-state index contributed by atoms with van der Waals surface area (Å²) in [5.41, 5.74) is 4.18. The van der Waals surface area contributed by atoms with Crippen LogP contribution in [0.25, 0.3) is 0 Å². The van der Waals surface area contributed by atoms with E-state index in [1.807, 2.05) is 31.1 Å². The fourth-order valence-electron chi connectivity index (χ4n) is 0.895. The van der Waals surface area contributed by atoms with Crippen LogP contribution < -0.4 is 5.43 Å². The van der Waals surface area contributed by atoms with Crippen LogP contribution in [0.4, 0.5) is 0 Å². The zero-order chi connectivity index (χ0) is 10.4. The summed E-state index contributed by atoms with van der Waals surface area (Å²) in [5, 5.41) is 4.03. The first-order valence-corrected chi connectivity index (χ1v) is 5.14. The Morgan fingerprint density at radius 3 is 2.57 bits per heavy atom. The predicted molar refractivity (Wildman–Crippen MR) is 63.2 cm³/mol. The Labute approximate surface area is 92.9 Å². The Balaban J connectivity index is 2.35. The van der Waals surface area contributed by atoms with Crippen molar-refractivity contribution in [3.8, 4) is 0 Å². The minimum atomic E-state index is 0.748. The molecule has 0 aliphatic rings. The quantitative estimate of drug-likeness (QED) is 0.507. The van der Waals surface area contributed by atoms with Gasteiger partial charge in [-0.25, -0.2) is 0 Å². The molecule has 3 nitrogen and oxygen atoms in total. The van der Waals surface area contributed by atoms with Crippen molar-refractivity contribution in [1.29, 1.82) is 0 Å². The lowest BCUT2D eigenvalue weighted by molar-refractivity contribution is 0.623. The van der Waals surface area contributed by atoms with Crippen molar-refractivity contribution in [2.75, 3.05) is 14.1 Å². The van der Waals surface area contributed by atoms with Gasteiger partial charge in [0.1, 0.15) is 6.34 Å². The van der Waals surface area contributed by atoms with E-state index in [0.717, 1.165) is 11.0 Å². The summed E-state index contributed by atoms with van der Waals surface area (Å²) in [7, 11) is 3.87. The zero-order valence-electron chi connectivity index (χ0n) is 8.37. The topological polar surface area (TPSA) is 27.6 Å². The third-order valence-corrected chi connectivity index (χ3v) is 2.11. The van der Waals surface area contributed by atoms with Crippen molar-refractivity contribution in [2.45, 2.75) is 6.54 Å². The zero-order valence-corrected chi connectivity index (χ0v) is 9.95. The molecular formula is C10H14BrN3. The van der Waals surface area contributed by atoms with Crippen LogP contribution in [0.2, 0.25) is 0 Å². The van der Waals surface area contributed by atoms with Gasteiger partial charge in [0.25, 0.3) is 0 Å². The lowest BCUT2D eigenvalue weighted by Gasteiger charge is -2.04. The van der Waals surface area contributed by atoms with Crippen LogP contribution in [-0.2, 0) is 6.54 Å². The molecule has 76 valence electrons. The molecule has 1 aromatic carbocycles. The Morgan fingerprint density at radius 2 is 2.00 bits per heavy atom. The summed E-state index contributed by atoms with van der Waals surface area (Å²) < 4.78 is 1.10. The van der Waals surface area contributed by atoms with Gasteiger partial charge in [-0.3, -0.25) is 0 Å². The van der Waals surface area contributed by atoms with Crippen LogP contribution in [0.1, 0.15) is 5.56 Å². The first-order valence-electron chi connectivity index (χ1n) is 4.35. The van der Waals surface area contributed by atoms with Crippen LogP contribution in [0.15, 0.2) is 33.8 Å². The van der Waals surface area contributed by atoms with E-state index in [0.29, 0.717) is 0 Å². The van der Waals surface area contributed by atoms with Gasteiger partial charge in [-0.1, -0.05) is 28.1 Å². The van der Waals surface area contributed by atoms with Crippen LogP contribution >= 0.6 is 15.9 Å². The molecule has 1 N–H and O–H groups in total. The van der Waals surface area contributed by atoms with E-state index in [1.165, 1.54) is 5.56 Å². The van der Waals surface area contributed by atoms with Gasteiger partial charge in [0.2, 0.25) is 0 Å². The molecule has 1 aromatic rings. The Bertz CT molecular complexity index is 293. The molecule has 0 spiro atoms. The third kappa shape index (κ3) is 4.28. The molecule has 0 aliphatic carbocycles. The largest absolute Gasteiger partial charge is 0.367 e. The number of benzene rings is 1. The highest BCUT2D eigenvalue weighted by Crippen LogP contribution is 2.09. The molecule has 0 saturated carbocycles. The number of hydrazone groups is 1. The van der Waals surface area contributed by atoms with Gasteiger partial charge in [0.15, 0.2) is 0 Å². The summed E-state index contributed by atoms with van der Waals surface area (Å²) >= 11 is 3.39. The van der Waals surface area contributed by atoms with Crippen molar-refractivity contribution in [1.82, 2.24) is 10.3 Å². The van der Waals surface area contributed by atoms with Crippen molar-refractivity contribution < 1.29 is 0 Å². The minimum Gasteiger partial charge on any atom is -0.367 e. The molecule has 0 bridgehead atoms. The number of nitrogens with one attached hydrogen (secondary N) is 1. The van der Waals surface area contributed by atoms with Crippen molar-refractivity contribution in [3.05, 3.63) is 34.3 Å². The fraction of sp³-hybridized carbons (Fsp3) is 0.300. The van der Waals surface area contributed by atoms with Crippen LogP contribution in [0.5, 0.6) is 0 Å². The average Bonchev–Trinajstić information content (AvgIpc) is 2.15. The average molecular weight is 256 g/mol. The maximum absolute atomic E-state index is 4.03. The third-order valence-electron chi connectivity index (χ3n) is 1.58. The molecule has 0 fully saturated rings. The highest BCUT2D eigenvalue weighted by atomic mass is 79.9. The molecule has 0 aromatic heterocycles. The van der Waals surface area contributed by atoms with Crippen molar-refractivity contribution in [3.63, 3.8) is 0 Å². The van der Waals surface area contributed by atoms with Crippen molar-refractivity contribution >= 4 is 22.3 Å². The number of halogens is 1. The summed E-state index contributed by atoms with van der Waals surface area (Å²) in [4.78, 5) is 1.88. The monoisotopic (exact) mass is 255 g/mol. The highest BCUT2D eigenvalue weighted by molar-refractivity contribution is 9.10. The van der Waals surface area contributed by atoms with Gasteiger partial charge in [-0.2, -0.15) is 5.10 Å². The molecule has 0 amide bonds. The predicted octanol–water partition coefficient (Wildman–Crippen LogP) is 2.04. The van der Waals surface area contributed by atoms with Crippen molar-refractivity contribution in [2.24, 2.45) is 5.10 Å². The van der Waals surface area contributed by atoms with Gasteiger partial charge in [0, 0.05) is 18.6 Å². The molecule has 0 radical (unpaired) electrons. The van der Waals surface area contributed by atoms with Crippen LogP contribution in [-0.4, -0.2) is 25.3 Å². The Hall–Kier alpha value is -1.03. The molecule has 0 heterocycles. The standard InChI is InChI=1S/C10H14BrN3/c1-14(2)8-13-12-7-9-3-5-10(11)6-4-9/h3-6,8,12H,7H2,1-2H3/b13-8+. The molecule has 0 saturated heterocycles. The molecule has 0 aliphatic heterocycles. The SMILES string of the molecule is CN(C)/C=N/NCc1ccc(Br)cc1. The fourth-order valence-corrected chi connectivity index (χ4v) is 1.16. The molecule has 0 unspecified atom stereocenters. The van der Waals surface area contributed by atoms with E-state index in [9.17, 15) is 0 Å². The molecule has 1 rings (SSSR count). The van der Waals surface area contributed by atoms with E-state index in [1.54, 1.807) is 6.34 Å². The maximum atomic E-state index is 4.03. The summed E-state index contributed by atoms with van der Waals surface area (Å²) in [6.45, 7) is 0.748. The smallest absolute Gasteiger partial charge is 0.110 e. The van der Waals surface area contributed by atoms with Crippen LogP contribution in [0.3, 0.4) is 0 Å². The van der Waals surface area contributed by atoms with E-state index in [4.69, 9.17) is 0 Å². The summed E-state index contributed by atoms with van der Waals surface area (Å²) in [6.07, 6.45) is 1.73. The van der Waals surface area contributed by atoms with Gasteiger partial charge in [-0.05, 0) is 17.7 Å². The van der Waals surface area contributed by atoms with E-state index >= 15 is 0 Å². The van der Waals surface area contributed by atoms with E-state index in [-0.39, 0.29) is 0 Å². The second-order valence-electron chi connectivity index (χ2n) is 3.17. The van der Waals surface area contributed by atoms with Crippen LogP contribution in [0, 0.1) is 0 Å². The molecular weight excluding hydrogens is 242 g/mol. The first kappa shape index (κ1) is 11.0. The Kier molecular flexibility index (Phi) is 4.46. The summed E-state index contributed by atoms with van der Waals surface area (Å²) in [6, 6.07) is 8.16. The molecule has 4 heteroatoms. The second-order valence-corrected chi connectivity index (χ2v) is 4.09. The minimum absolute atomic E-state index is 0.748. The normalized spacial score (nSPS) is 10.5. The van der Waals surface area contributed by atoms with E-state index < -0.39 is 0 Å². The second kappa shape index (κ2) is 5.65.